The normalized spacial score (nSPS) is 14.6. The van der Waals surface area contributed by atoms with Crippen LogP contribution in [0, 0.1) is 0 Å². The zero-order valence-electron chi connectivity index (χ0n) is 9.31. The topological polar surface area (TPSA) is 47.9 Å². The Balaban J connectivity index is 1.86. The summed E-state index contributed by atoms with van der Waals surface area (Å²) >= 11 is 9.09. The molecule has 1 aliphatic rings. The standard InChI is InChI=1S/C12H9BrClN3O/c13-9-6-16-11(7-1-2-7)17-12(9)18-8-3-4-10(14)15-5-8/h3-7H,1-2H2. The fourth-order valence-corrected chi connectivity index (χ4v) is 1.89. The lowest BCUT2D eigenvalue weighted by molar-refractivity contribution is 0.453. The van der Waals surface area contributed by atoms with E-state index in [9.17, 15) is 0 Å². The minimum absolute atomic E-state index is 0.433. The van der Waals surface area contributed by atoms with E-state index >= 15 is 0 Å². The molecule has 0 unspecified atom stereocenters. The van der Waals surface area contributed by atoms with Crippen molar-refractivity contribution in [1.82, 2.24) is 15.0 Å². The summed E-state index contributed by atoms with van der Waals surface area (Å²) in [5.41, 5.74) is 0. The van der Waals surface area contributed by atoms with Crippen molar-refractivity contribution in [1.29, 1.82) is 0 Å². The zero-order chi connectivity index (χ0) is 12.5. The molecule has 2 aromatic heterocycles. The number of pyridine rings is 1. The number of rotatable bonds is 3. The van der Waals surface area contributed by atoms with Crippen molar-refractivity contribution in [2.24, 2.45) is 0 Å². The third-order valence-electron chi connectivity index (χ3n) is 2.59. The zero-order valence-corrected chi connectivity index (χ0v) is 11.6. The number of nitrogens with zero attached hydrogens (tertiary/aromatic N) is 3. The molecule has 1 saturated carbocycles. The van der Waals surface area contributed by atoms with Crippen molar-refractivity contribution in [3.63, 3.8) is 0 Å². The van der Waals surface area contributed by atoms with Gasteiger partial charge in [-0.15, -0.1) is 0 Å². The van der Waals surface area contributed by atoms with Gasteiger partial charge in [0, 0.05) is 12.1 Å². The highest BCUT2D eigenvalue weighted by Crippen LogP contribution is 2.39. The molecule has 0 atom stereocenters. The Hall–Kier alpha value is -1.20. The van der Waals surface area contributed by atoms with Gasteiger partial charge in [0.15, 0.2) is 0 Å². The van der Waals surface area contributed by atoms with Crippen LogP contribution in [0.4, 0.5) is 0 Å². The average molecular weight is 327 g/mol. The quantitative estimate of drug-likeness (QED) is 0.801. The number of hydrogen-bond acceptors (Lipinski definition) is 4. The molecule has 0 aromatic carbocycles. The van der Waals surface area contributed by atoms with Crippen LogP contribution in [0.25, 0.3) is 0 Å². The summed E-state index contributed by atoms with van der Waals surface area (Å²) < 4.78 is 6.39. The summed E-state index contributed by atoms with van der Waals surface area (Å²) in [4.78, 5) is 12.6. The Morgan fingerprint density at radius 3 is 2.72 bits per heavy atom. The molecular weight excluding hydrogens is 318 g/mol. The van der Waals surface area contributed by atoms with Gasteiger partial charge in [0.1, 0.15) is 16.7 Å². The van der Waals surface area contributed by atoms with Crippen molar-refractivity contribution >= 4 is 27.5 Å². The van der Waals surface area contributed by atoms with E-state index in [0.29, 0.717) is 22.7 Å². The van der Waals surface area contributed by atoms with Gasteiger partial charge >= 0.3 is 0 Å². The molecule has 0 N–H and O–H groups in total. The number of ether oxygens (including phenoxy) is 1. The van der Waals surface area contributed by atoms with Gasteiger partial charge in [0.05, 0.1) is 10.7 Å². The largest absolute Gasteiger partial charge is 0.436 e. The van der Waals surface area contributed by atoms with E-state index in [4.69, 9.17) is 16.3 Å². The molecule has 18 heavy (non-hydrogen) atoms. The second-order valence-corrected chi connectivity index (χ2v) is 5.32. The first-order valence-corrected chi connectivity index (χ1v) is 6.71. The van der Waals surface area contributed by atoms with Gasteiger partial charge in [-0.3, -0.25) is 0 Å². The van der Waals surface area contributed by atoms with Gasteiger partial charge in [-0.25, -0.2) is 9.97 Å². The van der Waals surface area contributed by atoms with Crippen LogP contribution in [0.5, 0.6) is 11.6 Å². The van der Waals surface area contributed by atoms with E-state index in [1.807, 2.05) is 0 Å². The molecule has 0 radical (unpaired) electrons. The Labute approximate surface area is 118 Å². The van der Waals surface area contributed by atoms with Crippen LogP contribution in [0.2, 0.25) is 5.15 Å². The van der Waals surface area contributed by atoms with Gasteiger partial charge < -0.3 is 4.74 Å². The highest BCUT2D eigenvalue weighted by atomic mass is 79.9. The SMILES string of the molecule is Clc1ccc(Oc2nc(C3CC3)ncc2Br)cn1. The first-order chi connectivity index (χ1) is 8.72. The molecule has 2 aromatic rings. The van der Waals surface area contributed by atoms with Gasteiger partial charge in [0.2, 0.25) is 5.88 Å². The summed E-state index contributed by atoms with van der Waals surface area (Å²) in [5.74, 6) is 2.44. The molecule has 0 aliphatic heterocycles. The van der Waals surface area contributed by atoms with Gasteiger partial charge in [-0.05, 0) is 40.9 Å². The van der Waals surface area contributed by atoms with Gasteiger partial charge in [-0.1, -0.05) is 11.6 Å². The van der Waals surface area contributed by atoms with E-state index in [2.05, 4.69) is 30.9 Å². The Kier molecular flexibility index (Phi) is 3.18. The van der Waals surface area contributed by atoms with Crippen LogP contribution in [0.3, 0.4) is 0 Å². The first kappa shape index (κ1) is 11.9. The number of halogens is 2. The predicted octanol–water partition coefficient (Wildman–Crippen LogP) is 3.96. The maximum Gasteiger partial charge on any atom is 0.237 e. The van der Waals surface area contributed by atoms with E-state index in [0.717, 1.165) is 23.1 Å². The maximum atomic E-state index is 5.72. The second kappa shape index (κ2) is 4.82. The molecule has 0 bridgehead atoms. The lowest BCUT2D eigenvalue weighted by atomic mass is 10.4. The number of aromatic nitrogens is 3. The third-order valence-corrected chi connectivity index (χ3v) is 3.36. The summed E-state index contributed by atoms with van der Waals surface area (Å²) in [6.07, 6.45) is 5.60. The van der Waals surface area contributed by atoms with Crippen molar-refractivity contribution in [3.05, 3.63) is 40.0 Å². The smallest absolute Gasteiger partial charge is 0.237 e. The number of hydrogen-bond donors (Lipinski definition) is 0. The Morgan fingerprint density at radius 2 is 2.06 bits per heavy atom. The fourth-order valence-electron chi connectivity index (χ4n) is 1.51. The lowest BCUT2D eigenvalue weighted by Gasteiger charge is -2.07. The Bertz CT molecular complexity index is 572. The van der Waals surface area contributed by atoms with E-state index in [-0.39, 0.29) is 0 Å². The summed E-state index contributed by atoms with van der Waals surface area (Å²) in [6.45, 7) is 0. The molecule has 1 aliphatic carbocycles. The highest BCUT2D eigenvalue weighted by Gasteiger charge is 2.27. The van der Waals surface area contributed by atoms with Gasteiger partial charge in [0.25, 0.3) is 0 Å². The van der Waals surface area contributed by atoms with Crippen LogP contribution in [-0.2, 0) is 0 Å². The molecule has 0 saturated heterocycles. The Morgan fingerprint density at radius 1 is 1.22 bits per heavy atom. The fraction of sp³-hybridized carbons (Fsp3) is 0.250. The van der Waals surface area contributed by atoms with E-state index in [1.54, 1.807) is 24.5 Å². The van der Waals surface area contributed by atoms with Crippen LogP contribution in [-0.4, -0.2) is 15.0 Å². The predicted molar refractivity (Wildman–Crippen MR) is 71.0 cm³/mol. The molecule has 1 fully saturated rings. The molecular formula is C12H9BrClN3O. The minimum Gasteiger partial charge on any atom is -0.436 e. The molecule has 92 valence electrons. The molecule has 3 rings (SSSR count). The second-order valence-electron chi connectivity index (χ2n) is 4.07. The van der Waals surface area contributed by atoms with Crippen LogP contribution in [0.15, 0.2) is 29.0 Å². The van der Waals surface area contributed by atoms with Crippen LogP contribution >= 0.6 is 27.5 Å². The van der Waals surface area contributed by atoms with Crippen molar-refractivity contribution in [3.8, 4) is 11.6 Å². The van der Waals surface area contributed by atoms with Crippen molar-refractivity contribution in [2.75, 3.05) is 0 Å². The van der Waals surface area contributed by atoms with Crippen LogP contribution in [0.1, 0.15) is 24.6 Å². The van der Waals surface area contributed by atoms with Crippen molar-refractivity contribution < 1.29 is 4.74 Å². The maximum absolute atomic E-state index is 5.72. The van der Waals surface area contributed by atoms with Gasteiger partial charge in [-0.2, -0.15) is 4.98 Å². The molecule has 4 nitrogen and oxygen atoms in total. The molecule has 2 heterocycles. The van der Waals surface area contributed by atoms with Crippen molar-refractivity contribution in [2.45, 2.75) is 18.8 Å². The molecule has 0 amide bonds. The van der Waals surface area contributed by atoms with Crippen LogP contribution < -0.4 is 4.74 Å². The highest BCUT2D eigenvalue weighted by molar-refractivity contribution is 9.10. The lowest BCUT2D eigenvalue weighted by Crippen LogP contribution is -1.96. The third kappa shape index (κ3) is 2.62. The average Bonchev–Trinajstić information content (AvgIpc) is 3.19. The van der Waals surface area contributed by atoms with E-state index < -0.39 is 0 Å². The molecule has 6 heteroatoms. The minimum atomic E-state index is 0.433. The molecule has 0 spiro atoms. The first-order valence-electron chi connectivity index (χ1n) is 5.54. The summed E-state index contributed by atoms with van der Waals surface area (Å²) in [7, 11) is 0. The monoisotopic (exact) mass is 325 g/mol. The summed E-state index contributed by atoms with van der Waals surface area (Å²) in [5, 5.41) is 0.433. The summed E-state index contributed by atoms with van der Waals surface area (Å²) in [6, 6.07) is 3.43. The van der Waals surface area contributed by atoms with E-state index in [1.165, 1.54) is 0 Å².